The van der Waals surface area contributed by atoms with Crippen LogP contribution in [0.4, 0.5) is 10.5 Å². The summed E-state index contributed by atoms with van der Waals surface area (Å²) in [5, 5.41) is 0.590. The fraction of sp³-hybridized carbons (Fsp3) is 0.320. The molecule has 2 aliphatic rings. The molecule has 0 N–H and O–H groups in total. The van der Waals surface area contributed by atoms with Gasteiger partial charge in [-0.25, -0.2) is 9.59 Å². The number of nitrogens with zero attached hydrogens (tertiary/aromatic N) is 4. The Balaban J connectivity index is 1.66. The summed E-state index contributed by atoms with van der Waals surface area (Å²) in [7, 11) is 4.52. The first-order chi connectivity index (χ1) is 16.7. The first kappa shape index (κ1) is 23.0. The van der Waals surface area contributed by atoms with E-state index in [4.69, 9.17) is 16.3 Å². The molecule has 0 fully saturated rings. The Morgan fingerprint density at radius 3 is 2.57 bits per heavy atom. The molecule has 2 heterocycles. The summed E-state index contributed by atoms with van der Waals surface area (Å²) in [5.74, 6) is -2.69. The van der Waals surface area contributed by atoms with E-state index in [9.17, 15) is 19.2 Å². The number of hydrogen-bond donors (Lipinski definition) is 0. The summed E-state index contributed by atoms with van der Waals surface area (Å²) in [6.45, 7) is 0. The van der Waals surface area contributed by atoms with Gasteiger partial charge in [-0.1, -0.05) is 23.7 Å². The van der Waals surface area contributed by atoms with Gasteiger partial charge in [0.2, 0.25) is 5.92 Å². The topological polar surface area (TPSA) is 93.6 Å². The van der Waals surface area contributed by atoms with Gasteiger partial charge in [0.25, 0.3) is 0 Å². The van der Waals surface area contributed by atoms with Crippen molar-refractivity contribution in [1.82, 2.24) is 14.0 Å². The van der Waals surface area contributed by atoms with E-state index in [0.29, 0.717) is 28.2 Å². The molecule has 2 atom stereocenters. The second-order valence-corrected chi connectivity index (χ2v) is 9.21. The van der Waals surface area contributed by atoms with Crippen molar-refractivity contribution in [3.8, 4) is 0 Å². The third-order valence-electron chi connectivity index (χ3n) is 6.93. The van der Waals surface area contributed by atoms with Crippen molar-refractivity contribution in [2.24, 2.45) is 20.0 Å². The van der Waals surface area contributed by atoms with E-state index in [1.807, 2.05) is 6.07 Å². The molecule has 1 aliphatic carbocycles. The number of esters is 1. The number of fused-ring (bicyclic) bond motifs is 2. The predicted molar refractivity (Wildman–Crippen MR) is 129 cm³/mol. The van der Waals surface area contributed by atoms with Crippen LogP contribution in [0.5, 0.6) is 0 Å². The van der Waals surface area contributed by atoms with Crippen LogP contribution < -0.4 is 5.69 Å². The second-order valence-electron chi connectivity index (χ2n) is 8.80. The molecule has 1 unspecified atom stereocenters. The lowest BCUT2D eigenvalue weighted by Gasteiger charge is -2.32. The van der Waals surface area contributed by atoms with E-state index in [-0.39, 0.29) is 5.69 Å². The van der Waals surface area contributed by atoms with Gasteiger partial charge in [0.15, 0.2) is 0 Å². The van der Waals surface area contributed by atoms with E-state index in [2.05, 4.69) is 0 Å². The minimum Gasteiger partial charge on any atom is -0.468 e. The van der Waals surface area contributed by atoms with Crippen LogP contribution >= 0.6 is 11.6 Å². The fourth-order valence-corrected chi connectivity index (χ4v) is 5.38. The van der Waals surface area contributed by atoms with Gasteiger partial charge in [-0.2, -0.15) is 14.3 Å². The molecule has 0 saturated heterocycles. The number of rotatable bonds is 3. The molecule has 5 rings (SSSR count). The largest absolute Gasteiger partial charge is 0.506 e. The van der Waals surface area contributed by atoms with Gasteiger partial charge in [-0.05, 0) is 43.0 Å². The van der Waals surface area contributed by atoms with Crippen molar-refractivity contribution >= 4 is 52.4 Å². The number of halogens is 1. The lowest BCUT2D eigenvalue weighted by molar-refractivity contribution is -0.346. The smallest absolute Gasteiger partial charge is 0.468 e. The lowest BCUT2D eigenvalue weighted by atomic mass is 9.86. The van der Waals surface area contributed by atoms with E-state index in [1.54, 1.807) is 44.4 Å². The van der Waals surface area contributed by atoms with Crippen LogP contribution in [0.3, 0.4) is 0 Å². The predicted octanol–water partition coefficient (Wildman–Crippen LogP) is 3.07. The molecule has 3 aromatic rings. The zero-order valence-corrected chi connectivity index (χ0v) is 20.3. The van der Waals surface area contributed by atoms with Crippen molar-refractivity contribution in [3.63, 3.8) is 0 Å². The number of benzene rings is 2. The van der Waals surface area contributed by atoms with Gasteiger partial charge in [0.05, 0.1) is 18.1 Å². The maximum absolute atomic E-state index is 13.8. The fourth-order valence-electron chi connectivity index (χ4n) is 5.10. The number of aromatic nitrogens is 2. The van der Waals surface area contributed by atoms with Crippen molar-refractivity contribution < 1.29 is 23.7 Å². The molecule has 3 amide bonds. The first-order valence-corrected chi connectivity index (χ1v) is 11.6. The average molecular weight is 496 g/mol. The highest BCUT2D eigenvalue weighted by molar-refractivity contribution is 6.31. The number of urea groups is 1. The van der Waals surface area contributed by atoms with E-state index < -0.39 is 29.9 Å². The molecule has 0 radical (unpaired) electrons. The van der Waals surface area contributed by atoms with Gasteiger partial charge < -0.3 is 4.74 Å². The Kier molecular flexibility index (Phi) is 5.59. The molecule has 1 aliphatic heterocycles. The number of hydrogen-bond acceptors (Lipinski definition) is 5. The highest BCUT2D eigenvalue weighted by Gasteiger charge is 2.52. The molecule has 9 nitrogen and oxygen atoms in total. The molecule has 1 aromatic heterocycles. The number of imide groups is 1. The Hall–Kier alpha value is -3.72. The SMILES string of the molecule is COC(=O)C1C=[N+](c2ccc3c(c2)n(C)c(=O)n3C)C(=O)N([C@@H]2CCCc3c(Cl)cccc32)C1=O. The van der Waals surface area contributed by atoms with Crippen molar-refractivity contribution in [3.05, 3.63) is 63.0 Å². The Morgan fingerprint density at radius 1 is 1.09 bits per heavy atom. The summed E-state index contributed by atoms with van der Waals surface area (Å²) in [6.07, 6.45) is 3.33. The second kappa shape index (κ2) is 8.49. The number of carbonyl (C=O) groups excluding carboxylic acids is 3. The summed E-state index contributed by atoms with van der Waals surface area (Å²) >= 11 is 6.42. The number of amides is 3. The van der Waals surface area contributed by atoms with Gasteiger partial charge in [0.1, 0.15) is 17.9 Å². The summed E-state index contributed by atoms with van der Waals surface area (Å²) in [4.78, 5) is 53.4. The molecule has 0 saturated carbocycles. The lowest BCUT2D eigenvalue weighted by Crippen LogP contribution is -2.54. The van der Waals surface area contributed by atoms with Crippen LogP contribution in [0.25, 0.3) is 11.0 Å². The number of methoxy groups -OCH3 is 1. The number of ether oxygens (including phenoxy) is 1. The van der Waals surface area contributed by atoms with Gasteiger partial charge in [-0.15, -0.1) is 0 Å². The summed E-state index contributed by atoms with van der Waals surface area (Å²) in [6, 6.07) is 9.43. The molecule has 0 bridgehead atoms. The minimum absolute atomic E-state index is 0.203. The van der Waals surface area contributed by atoms with E-state index in [1.165, 1.54) is 27.0 Å². The van der Waals surface area contributed by atoms with Crippen LogP contribution in [0.15, 0.2) is 41.2 Å². The Morgan fingerprint density at radius 2 is 1.83 bits per heavy atom. The van der Waals surface area contributed by atoms with Crippen molar-refractivity contribution in [2.45, 2.75) is 25.3 Å². The minimum atomic E-state index is -1.29. The van der Waals surface area contributed by atoms with Crippen molar-refractivity contribution in [2.75, 3.05) is 7.11 Å². The number of carbonyl (C=O) groups is 3. The van der Waals surface area contributed by atoms with Crippen LogP contribution in [0.1, 0.15) is 30.0 Å². The maximum atomic E-state index is 13.8. The van der Waals surface area contributed by atoms with Crippen LogP contribution in [-0.2, 0) is 34.8 Å². The number of imidazole rings is 1. The quantitative estimate of drug-likeness (QED) is 0.316. The standard InChI is InChI=1S/C25H24ClN4O5/c1-27-20-11-10-14(12-21(20)28(2)24(27)33)29-13-17(23(32)35-3)22(31)30(25(29)34)19-9-5-6-15-16(19)7-4-8-18(15)26/h4,7-8,10-13,17,19H,5-6,9H2,1-3H3/q+1/t17?,19-/m1/s1. The van der Waals surface area contributed by atoms with Crippen molar-refractivity contribution in [1.29, 1.82) is 0 Å². The molecular weight excluding hydrogens is 472 g/mol. The zero-order valence-electron chi connectivity index (χ0n) is 19.5. The number of aryl methyl sites for hydroxylation is 2. The third-order valence-corrected chi connectivity index (χ3v) is 7.29. The molecular formula is C25H24ClN4O5+. The molecule has 0 spiro atoms. The summed E-state index contributed by atoms with van der Waals surface area (Å²) < 4.78 is 9.17. The molecule has 180 valence electrons. The van der Waals surface area contributed by atoms with E-state index >= 15 is 0 Å². The highest BCUT2D eigenvalue weighted by Crippen LogP contribution is 2.39. The monoisotopic (exact) mass is 495 g/mol. The van der Waals surface area contributed by atoms with Gasteiger partial charge in [0, 0.05) is 30.7 Å². The van der Waals surface area contributed by atoms with Crippen LogP contribution in [0, 0.1) is 5.92 Å². The molecule has 2 aromatic carbocycles. The molecule has 35 heavy (non-hydrogen) atoms. The maximum Gasteiger partial charge on any atom is 0.506 e. The third kappa shape index (κ3) is 3.49. The molecule has 10 heteroatoms. The van der Waals surface area contributed by atoms with Gasteiger partial charge >= 0.3 is 23.6 Å². The highest BCUT2D eigenvalue weighted by atomic mass is 35.5. The first-order valence-electron chi connectivity index (χ1n) is 11.3. The average Bonchev–Trinajstić information content (AvgIpc) is 3.07. The van der Waals surface area contributed by atoms with Gasteiger partial charge in [-0.3, -0.25) is 13.9 Å². The van der Waals surface area contributed by atoms with Crippen LogP contribution in [-0.4, -0.2) is 49.8 Å². The zero-order chi connectivity index (χ0) is 25.0. The Labute approximate surface area is 205 Å². The van der Waals surface area contributed by atoms with Crippen LogP contribution in [0.2, 0.25) is 5.02 Å². The summed E-state index contributed by atoms with van der Waals surface area (Å²) in [5.41, 5.74) is 3.24. The Bertz CT molecular complexity index is 1500. The van der Waals surface area contributed by atoms with E-state index in [0.717, 1.165) is 28.9 Å². The normalized spacial score (nSPS) is 20.1.